The Kier molecular flexibility index (Phi) is 3.78. The molecule has 0 heterocycles. The number of aromatic hydroxyl groups is 2. The van der Waals surface area contributed by atoms with Gasteiger partial charge in [-0.3, -0.25) is 0 Å². The van der Waals surface area contributed by atoms with Gasteiger partial charge in [0.1, 0.15) is 11.5 Å². The van der Waals surface area contributed by atoms with Crippen molar-refractivity contribution >= 4 is 0 Å². The molecule has 1 aromatic carbocycles. The van der Waals surface area contributed by atoms with Crippen LogP contribution >= 0.6 is 0 Å². The van der Waals surface area contributed by atoms with Gasteiger partial charge >= 0.3 is 0 Å². The van der Waals surface area contributed by atoms with Crippen molar-refractivity contribution in [3.63, 3.8) is 0 Å². The highest BCUT2D eigenvalue weighted by molar-refractivity contribution is 5.42. The van der Waals surface area contributed by atoms with Crippen molar-refractivity contribution in [1.29, 1.82) is 5.26 Å². The number of nitriles is 1. The van der Waals surface area contributed by atoms with Crippen LogP contribution in [0.5, 0.6) is 11.5 Å². The molecule has 0 saturated heterocycles. The Balaban J connectivity index is 2.85. The lowest BCUT2D eigenvalue weighted by Crippen LogP contribution is -2.17. The zero-order chi connectivity index (χ0) is 12.2. The Morgan fingerprint density at radius 3 is 2.56 bits per heavy atom. The van der Waals surface area contributed by atoms with E-state index in [1.807, 2.05) is 13.8 Å². The summed E-state index contributed by atoms with van der Waals surface area (Å²) in [6, 6.07) is 6.77. The number of rotatable bonds is 4. The normalized spacial score (nSPS) is 11.1. The van der Waals surface area contributed by atoms with E-state index >= 15 is 0 Å². The van der Waals surface area contributed by atoms with Crippen LogP contribution in [0, 0.1) is 11.3 Å². The lowest BCUT2D eigenvalue weighted by Gasteiger charge is -2.25. The second-order valence-corrected chi connectivity index (χ2v) is 4.60. The van der Waals surface area contributed by atoms with Gasteiger partial charge in [-0.1, -0.05) is 19.9 Å². The minimum atomic E-state index is -0.186. The molecular weight excluding hydrogens is 202 g/mol. The van der Waals surface area contributed by atoms with E-state index in [9.17, 15) is 10.2 Å². The molecule has 0 aliphatic heterocycles. The SMILES string of the molecule is CC(C)(CCCC#N)c1ccc(O)cc1O. The molecule has 0 aromatic heterocycles. The van der Waals surface area contributed by atoms with Crippen LogP contribution in [0.25, 0.3) is 0 Å². The van der Waals surface area contributed by atoms with Gasteiger partial charge in [-0.05, 0) is 29.9 Å². The third-order valence-electron chi connectivity index (χ3n) is 2.80. The molecule has 0 bridgehead atoms. The van der Waals surface area contributed by atoms with Gasteiger partial charge in [0.05, 0.1) is 6.07 Å². The molecule has 0 atom stereocenters. The summed E-state index contributed by atoms with van der Waals surface area (Å²) >= 11 is 0. The monoisotopic (exact) mass is 219 g/mol. The van der Waals surface area contributed by atoms with Crippen molar-refractivity contribution in [1.82, 2.24) is 0 Å². The first-order valence-electron chi connectivity index (χ1n) is 5.37. The van der Waals surface area contributed by atoms with E-state index in [0.29, 0.717) is 6.42 Å². The maximum absolute atomic E-state index is 9.76. The molecule has 1 rings (SSSR count). The van der Waals surface area contributed by atoms with Crippen molar-refractivity contribution in [2.75, 3.05) is 0 Å². The van der Waals surface area contributed by atoms with E-state index in [4.69, 9.17) is 5.26 Å². The smallest absolute Gasteiger partial charge is 0.122 e. The standard InChI is InChI=1S/C13H17NO2/c1-13(2,7-3-4-8-14)11-6-5-10(15)9-12(11)16/h5-6,9,15-16H,3-4,7H2,1-2H3. The molecule has 0 aliphatic carbocycles. The molecule has 0 unspecified atom stereocenters. The molecular formula is C13H17NO2. The minimum Gasteiger partial charge on any atom is -0.508 e. The first kappa shape index (κ1) is 12.4. The highest BCUT2D eigenvalue weighted by Gasteiger charge is 2.23. The van der Waals surface area contributed by atoms with E-state index in [2.05, 4.69) is 6.07 Å². The Labute approximate surface area is 96.0 Å². The van der Waals surface area contributed by atoms with Gasteiger partial charge in [-0.2, -0.15) is 5.26 Å². The van der Waals surface area contributed by atoms with Crippen LogP contribution in [0.15, 0.2) is 18.2 Å². The van der Waals surface area contributed by atoms with Crippen LogP contribution in [-0.4, -0.2) is 10.2 Å². The topological polar surface area (TPSA) is 64.2 Å². The number of unbranched alkanes of at least 4 members (excludes halogenated alkanes) is 1. The average molecular weight is 219 g/mol. The van der Waals surface area contributed by atoms with Gasteiger partial charge in [0, 0.05) is 12.5 Å². The largest absolute Gasteiger partial charge is 0.508 e. The van der Waals surface area contributed by atoms with Gasteiger partial charge in [0.25, 0.3) is 0 Å². The van der Waals surface area contributed by atoms with Crippen molar-refractivity contribution in [3.8, 4) is 17.6 Å². The number of benzene rings is 1. The van der Waals surface area contributed by atoms with Crippen LogP contribution in [0.4, 0.5) is 0 Å². The molecule has 3 nitrogen and oxygen atoms in total. The number of hydrogen-bond donors (Lipinski definition) is 2. The summed E-state index contributed by atoms with van der Waals surface area (Å²) in [5.41, 5.74) is 0.623. The second-order valence-electron chi connectivity index (χ2n) is 4.60. The Hall–Kier alpha value is -1.69. The number of nitrogens with zero attached hydrogens (tertiary/aromatic N) is 1. The van der Waals surface area contributed by atoms with Crippen molar-refractivity contribution in [2.24, 2.45) is 0 Å². The third kappa shape index (κ3) is 2.90. The molecule has 16 heavy (non-hydrogen) atoms. The second kappa shape index (κ2) is 4.89. The minimum absolute atomic E-state index is 0.0640. The molecule has 2 N–H and O–H groups in total. The fraction of sp³-hybridized carbons (Fsp3) is 0.462. The first-order valence-corrected chi connectivity index (χ1v) is 5.37. The maximum atomic E-state index is 9.76. The first-order chi connectivity index (χ1) is 7.47. The lowest BCUT2D eigenvalue weighted by atomic mass is 9.79. The van der Waals surface area contributed by atoms with Gasteiger partial charge in [-0.15, -0.1) is 0 Å². The molecule has 0 fully saturated rings. The molecule has 0 radical (unpaired) electrons. The molecule has 0 amide bonds. The summed E-state index contributed by atoms with van der Waals surface area (Å²) in [6.45, 7) is 4.05. The van der Waals surface area contributed by atoms with Gasteiger partial charge in [-0.25, -0.2) is 0 Å². The van der Waals surface area contributed by atoms with Crippen molar-refractivity contribution in [2.45, 2.75) is 38.5 Å². The average Bonchev–Trinajstić information content (AvgIpc) is 2.17. The van der Waals surface area contributed by atoms with E-state index in [1.165, 1.54) is 6.07 Å². The lowest BCUT2D eigenvalue weighted by molar-refractivity contribution is 0.407. The summed E-state index contributed by atoms with van der Waals surface area (Å²) in [5.74, 6) is 0.177. The number of hydrogen-bond acceptors (Lipinski definition) is 3. The number of phenols is 2. The van der Waals surface area contributed by atoms with Crippen LogP contribution in [-0.2, 0) is 5.41 Å². The fourth-order valence-corrected chi connectivity index (χ4v) is 1.84. The summed E-state index contributed by atoms with van der Waals surface area (Å²) in [4.78, 5) is 0. The van der Waals surface area contributed by atoms with Gasteiger partial charge < -0.3 is 10.2 Å². The van der Waals surface area contributed by atoms with Gasteiger partial charge in [0.2, 0.25) is 0 Å². The Bertz CT molecular complexity index is 405. The molecule has 3 heteroatoms. The van der Waals surface area contributed by atoms with Crippen LogP contribution in [0.2, 0.25) is 0 Å². The third-order valence-corrected chi connectivity index (χ3v) is 2.80. The molecule has 0 aliphatic rings. The molecule has 0 saturated carbocycles. The quantitative estimate of drug-likeness (QED) is 0.765. The zero-order valence-electron chi connectivity index (χ0n) is 9.70. The van der Waals surface area contributed by atoms with Crippen molar-refractivity contribution in [3.05, 3.63) is 23.8 Å². The number of phenolic OH excluding ortho intramolecular Hbond substituents is 2. The molecule has 0 spiro atoms. The van der Waals surface area contributed by atoms with Crippen LogP contribution in [0.1, 0.15) is 38.7 Å². The molecule has 1 aromatic rings. The highest BCUT2D eigenvalue weighted by atomic mass is 16.3. The summed E-state index contributed by atoms with van der Waals surface area (Å²) < 4.78 is 0. The predicted octanol–water partition coefficient (Wildman–Crippen LogP) is 3.07. The maximum Gasteiger partial charge on any atom is 0.122 e. The highest BCUT2D eigenvalue weighted by Crippen LogP contribution is 2.36. The van der Waals surface area contributed by atoms with Gasteiger partial charge in [0.15, 0.2) is 0 Å². The van der Waals surface area contributed by atoms with E-state index < -0.39 is 0 Å². The Morgan fingerprint density at radius 2 is 2.00 bits per heavy atom. The zero-order valence-corrected chi connectivity index (χ0v) is 9.70. The van der Waals surface area contributed by atoms with Crippen LogP contribution in [0.3, 0.4) is 0 Å². The van der Waals surface area contributed by atoms with Crippen LogP contribution < -0.4 is 0 Å². The van der Waals surface area contributed by atoms with E-state index in [1.54, 1.807) is 12.1 Å². The summed E-state index contributed by atoms with van der Waals surface area (Å²) in [6.07, 6.45) is 2.17. The van der Waals surface area contributed by atoms with E-state index in [-0.39, 0.29) is 16.9 Å². The molecule has 86 valence electrons. The summed E-state index contributed by atoms with van der Waals surface area (Å²) in [5, 5.41) is 27.5. The fourth-order valence-electron chi connectivity index (χ4n) is 1.84. The van der Waals surface area contributed by atoms with E-state index in [0.717, 1.165) is 18.4 Å². The van der Waals surface area contributed by atoms with Crippen molar-refractivity contribution < 1.29 is 10.2 Å². The predicted molar refractivity (Wildman–Crippen MR) is 62.3 cm³/mol. The Morgan fingerprint density at radius 1 is 1.31 bits per heavy atom. The summed E-state index contributed by atoms with van der Waals surface area (Å²) in [7, 11) is 0.